The fourth-order valence-corrected chi connectivity index (χ4v) is 5.48. The van der Waals surface area contributed by atoms with Gasteiger partial charge in [-0.15, -0.1) is 0 Å². The fourth-order valence-electron chi connectivity index (χ4n) is 4.18. The zero-order chi connectivity index (χ0) is 21.0. The predicted octanol–water partition coefficient (Wildman–Crippen LogP) is -3.15. The van der Waals surface area contributed by atoms with Gasteiger partial charge in [-0.25, -0.2) is 4.79 Å². The molecule has 0 aliphatic carbocycles. The van der Waals surface area contributed by atoms with E-state index in [1.54, 1.807) is 11.8 Å². The first kappa shape index (κ1) is 19.8. The van der Waals surface area contributed by atoms with E-state index in [2.05, 4.69) is 53.5 Å². The molecule has 0 amide bonds. The van der Waals surface area contributed by atoms with Crippen LogP contribution in [0.1, 0.15) is 27.0 Å². The van der Waals surface area contributed by atoms with Gasteiger partial charge in [0, 0.05) is 9.79 Å². The molecule has 0 spiro atoms. The average molecular weight is 392 g/mol. The van der Waals surface area contributed by atoms with Crippen LogP contribution in [0.2, 0.25) is 0 Å². The van der Waals surface area contributed by atoms with Gasteiger partial charge in [0.05, 0.1) is 5.56 Å². The van der Waals surface area contributed by atoms with Gasteiger partial charge in [-0.1, -0.05) is 76.1 Å². The van der Waals surface area contributed by atoms with Crippen molar-refractivity contribution in [3.63, 3.8) is 0 Å². The number of aromatic carboxylic acids is 1. The largest absolute Gasteiger partial charge is 0.478 e. The normalized spacial score (nSPS) is 12.4. The van der Waals surface area contributed by atoms with Gasteiger partial charge >= 0.3 is 5.97 Å². The van der Waals surface area contributed by atoms with Crippen molar-refractivity contribution in [3.05, 3.63) is 69.1 Å². The van der Waals surface area contributed by atoms with Crippen LogP contribution in [0.3, 0.4) is 0 Å². The van der Waals surface area contributed by atoms with Gasteiger partial charge in [0.15, 0.2) is 0 Å². The Labute approximate surface area is 178 Å². The molecule has 0 fully saturated rings. The maximum Gasteiger partial charge on any atom is 0.335 e. The van der Waals surface area contributed by atoms with Crippen molar-refractivity contribution < 1.29 is 9.90 Å². The van der Waals surface area contributed by atoms with Gasteiger partial charge in [-0.2, -0.15) is 0 Å². The molecule has 0 bridgehead atoms. The molecule has 0 saturated carbocycles. The minimum Gasteiger partial charge on any atom is -0.478 e. The van der Waals surface area contributed by atoms with Gasteiger partial charge in [-0.3, -0.25) is 0 Å². The smallest absolute Gasteiger partial charge is 0.335 e. The van der Waals surface area contributed by atoms with E-state index < -0.39 is 5.97 Å². The van der Waals surface area contributed by atoms with E-state index >= 15 is 0 Å². The molecular weight excluding hydrogens is 372 g/mol. The Hall–Kier alpha value is -2.52. The molecule has 1 aliphatic rings. The first-order valence-electron chi connectivity index (χ1n) is 9.67. The van der Waals surface area contributed by atoms with E-state index in [9.17, 15) is 9.90 Å². The zero-order valence-electron chi connectivity index (χ0n) is 17.4. The second kappa shape index (κ2) is 7.07. The van der Waals surface area contributed by atoms with Crippen LogP contribution >= 0.6 is 11.8 Å². The number of rotatable bonds is 2. The molecule has 1 heterocycles. The fraction of sp³-hybridized carbons (Fsp3) is 0.0455. The molecule has 29 heavy (non-hydrogen) atoms. The third-order valence-electron chi connectivity index (χ3n) is 5.98. The summed E-state index contributed by atoms with van der Waals surface area (Å²) in [5.41, 5.74) is 8.74. The Morgan fingerprint density at radius 3 is 2.41 bits per heavy atom. The van der Waals surface area contributed by atoms with E-state index in [-0.39, 0.29) is 0 Å². The minimum absolute atomic E-state index is 0.392. The molecule has 0 atom stereocenters. The van der Waals surface area contributed by atoms with E-state index in [1.165, 1.54) is 15.9 Å². The SMILES string of the molecule is Bc1cc(B)c(C(=O)O)c(C2=c3ccc(=C)cc3Sc3c2ccc(C)c3B)c1B. The van der Waals surface area contributed by atoms with E-state index in [1.807, 2.05) is 27.8 Å². The quantitative estimate of drug-likeness (QED) is 0.367. The van der Waals surface area contributed by atoms with Gasteiger partial charge < -0.3 is 5.11 Å². The zero-order valence-corrected chi connectivity index (χ0v) is 18.3. The van der Waals surface area contributed by atoms with Crippen molar-refractivity contribution in [2.24, 2.45) is 0 Å². The van der Waals surface area contributed by atoms with Gasteiger partial charge in [0.25, 0.3) is 0 Å². The molecule has 1 aliphatic heterocycles. The number of hydrogen-bond acceptors (Lipinski definition) is 2. The van der Waals surface area contributed by atoms with Gasteiger partial charge in [-0.05, 0) is 40.1 Å². The molecule has 3 aromatic rings. The highest BCUT2D eigenvalue weighted by atomic mass is 32.2. The molecule has 1 N–H and O–H groups in total. The molecule has 4 rings (SSSR count). The molecule has 138 valence electrons. The molecule has 3 aromatic carbocycles. The monoisotopic (exact) mass is 392 g/mol. The van der Waals surface area contributed by atoms with Crippen LogP contribution in [-0.2, 0) is 0 Å². The highest BCUT2D eigenvalue weighted by Gasteiger charge is 2.27. The summed E-state index contributed by atoms with van der Waals surface area (Å²) in [5, 5.41) is 12.1. The van der Waals surface area contributed by atoms with Crippen molar-refractivity contribution >= 4 is 83.1 Å². The van der Waals surface area contributed by atoms with Gasteiger partial charge in [0.2, 0.25) is 0 Å². The Balaban J connectivity index is 2.28. The summed E-state index contributed by atoms with van der Waals surface area (Å²) in [5.74, 6) is -0.882. The number of carboxylic acid groups (broad SMARTS) is 1. The maximum atomic E-state index is 12.3. The summed E-state index contributed by atoms with van der Waals surface area (Å²) in [7, 11) is 8.11. The van der Waals surface area contributed by atoms with E-state index in [4.69, 9.17) is 0 Å². The van der Waals surface area contributed by atoms with Crippen LogP contribution in [0.4, 0.5) is 0 Å². The Bertz CT molecular complexity index is 1330. The van der Waals surface area contributed by atoms with E-state index in [0.29, 0.717) is 5.56 Å². The lowest BCUT2D eigenvalue weighted by Gasteiger charge is -2.26. The summed E-state index contributed by atoms with van der Waals surface area (Å²) >= 11 is 1.76. The number of carboxylic acids is 1. The second-order valence-corrected chi connectivity index (χ2v) is 8.93. The number of aryl methyl sites for hydroxylation is 1. The van der Waals surface area contributed by atoms with Crippen molar-refractivity contribution in [2.75, 3.05) is 0 Å². The number of fused-ring (bicyclic) bond motifs is 2. The summed E-state index contributed by atoms with van der Waals surface area (Å²) in [6.07, 6.45) is 0. The topological polar surface area (TPSA) is 37.3 Å². The van der Waals surface area contributed by atoms with Crippen LogP contribution < -0.4 is 32.3 Å². The average Bonchev–Trinajstić information content (AvgIpc) is 2.66. The predicted molar refractivity (Wildman–Crippen MR) is 134 cm³/mol. The lowest BCUT2D eigenvalue weighted by atomic mass is 9.69. The van der Waals surface area contributed by atoms with E-state index in [0.717, 1.165) is 48.4 Å². The molecule has 0 unspecified atom stereocenters. The molecule has 0 radical (unpaired) electrons. The number of carbonyl (C=O) groups is 1. The van der Waals surface area contributed by atoms with Crippen LogP contribution in [0.15, 0.2) is 46.2 Å². The highest BCUT2D eigenvalue weighted by molar-refractivity contribution is 7.99. The van der Waals surface area contributed by atoms with Crippen LogP contribution in [0, 0.1) is 6.92 Å². The Morgan fingerprint density at radius 2 is 1.72 bits per heavy atom. The lowest BCUT2D eigenvalue weighted by Crippen LogP contribution is -2.39. The highest BCUT2D eigenvalue weighted by Crippen LogP contribution is 2.37. The third kappa shape index (κ3) is 3.08. The standard InChI is InChI=1S/C22H20B4O2S/c1-9-3-5-11-15(7-9)29-21-12(6-4-10(2)19(21)25)16(11)18-17(22(27)28)13(23)8-14(24)20(18)26/h3-8H,1,23-26H2,2H3,(H,27,28). The van der Waals surface area contributed by atoms with Crippen molar-refractivity contribution in [1.29, 1.82) is 0 Å². The summed E-state index contributed by atoms with van der Waals surface area (Å²) < 4.78 is 0. The Kier molecular flexibility index (Phi) is 4.82. The summed E-state index contributed by atoms with van der Waals surface area (Å²) in [4.78, 5) is 14.6. The number of hydrogen-bond donors (Lipinski definition) is 1. The molecule has 7 heteroatoms. The summed E-state index contributed by atoms with van der Waals surface area (Å²) in [6, 6.07) is 12.4. The Morgan fingerprint density at radius 1 is 1.00 bits per heavy atom. The molecule has 0 saturated heterocycles. The molecule has 2 nitrogen and oxygen atoms in total. The van der Waals surface area contributed by atoms with Gasteiger partial charge in [0.1, 0.15) is 31.4 Å². The minimum atomic E-state index is -0.882. The molecule has 0 aromatic heterocycles. The third-order valence-corrected chi connectivity index (χ3v) is 7.27. The second-order valence-electron chi connectivity index (χ2n) is 7.88. The maximum absolute atomic E-state index is 12.3. The summed E-state index contributed by atoms with van der Waals surface area (Å²) in [6.45, 7) is 6.22. The van der Waals surface area contributed by atoms with Crippen LogP contribution in [0.5, 0.6) is 0 Å². The first-order valence-corrected chi connectivity index (χ1v) is 10.5. The van der Waals surface area contributed by atoms with Crippen molar-refractivity contribution in [1.82, 2.24) is 0 Å². The van der Waals surface area contributed by atoms with Crippen molar-refractivity contribution in [3.8, 4) is 0 Å². The molecular formula is C22H20B4O2S. The number of benzene rings is 3. The van der Waals surface area contributed by atoms with Crippen LogP contribution in [0.25, 0.3) is 12.2 Å². The van der Waals surface area contributed by atoms with Crippen LogP contribution in [-0.4, -0.2) is 42.5 Å². The lowest BCUT2D eigenvalue weighted by molar-refractivity contribution is 0.0698. The van der Waals surface area contributed by atoms with Crippen molar-refractivity contribution in [2.45, 2.75) is 16.7 Å². The first-order chi connectivity index (χ1) is 13.7.